The second kappa shape index (κ2) is 5.94. The number of pyridine rings is 1. The molecule has 1 aromatic rings. The van der Waals surface area contributed by atoms with Gasteiger partial charge in [-0.1, -0.05) is 6.92 Å². The Balaban J connectivity index is 2.15. The van der Waals surface area contributed by atoms with Gasteiger partial charge in [0.05, 0.1) is 0 Å². The Morgan fingerprint density at radius 3 is 3.06 bits per heavy atom. The molecule has 2 heterocycles. The molecule has 1 aromatic heterocycles. The van der Waals surface area contributed by atoms with Gasteiger partial charge in [-0.15, -0.1) is 0 Å². The van der Waals surface area contributed by atoms with Gasteiger partial charge in [0, 0.05) is 36.0 Å². The molecule has 3 nitrogen and oxygen atoms in total. The third kappa shape index (κ3) is 3.27. The molecular weight excluding hydrogens is 278 g/mol. The molecule has 0 unspecified atom stereocenters. The fourth-order valence-corrected chi connectivity index (χ4v) is 3.00. The van der Waals surface area contributed by atoms with Gasteiger partial charge in [0.25, 0.3) is 0 Å². The number of piperidine rings is 1. The van der Waals surface area contributed by atoms with Crippen LogP contribution in [0.4, 0.5) is 0 Å². The fraction of sp³-hybridized carbons (Fsp3) is 0.615. The van der Waals surface area contributed by atoms with Crippen molar-refractivity contribution < 1.29 is 0 Å². The first-order chi connectivity index (χ1) is 8.20. The number of hydrogen-bond acceptors (Lipinski definition) is 3. The maximum absolute atomic E-state index is 5.95. The minimum Gasteiger partial charge on any atom is -0.329 e. The van der Waals surface area contributed by atoms with E-state index in [1.54, 1.807) is 0 Å². The average Bonchev–Trinajstić information content (AvgIpc) is 2.30. The monoisotopic (exact) mass is 297 g/mol. The molecule has 0 aliphatic carbocycles. The molecule has 2 rings (SSSR count). The summed E-state index contributed by atoms with van der Waals surface area (Å²) >= 11 is 3.47. The van der Waals surface area contributed by atoms with E-state index in [9.17, 15) is 0 Å². The second-order valence-corrected chi connectivity index (χ2v) is 5.85. The van der Waals surface area contributed by atoms with Crippen molar-refractivity contribution in [3.8, 4) is 0 Å². The number of likely N-dealkylation sites (tertiary alicyclic amines) is 1. The maximum Gasteiger partial charge on any atom is 0.0486 e. The number of rotatable bonds is 3. The van der Waals surface area contributed by atoms with Crippen LogP contribution in [-0.4, -0.2) is 29.5 Å². The third-order valence-electron chi connectivity index (χ3n) is 3.46. The number of nitrogens with two attached hydrogens (primary N) is 1. The van der Waals surface area contributed by atoms with Gasteiger partial charge >= 0.3 is 0 Å². The SMILES string of the molecule is C[C@H]1CCCN([C@@H](CN)c2cncc(Br)c2)C1. The molecule has 17 heavy (non-hydrogen) atoms. The summed E-state index contributed by atoms with van der Waals surface area (Å²) in [6.45, 7) is 5.27. The Bertz CT molecular complexity index is 369. The van der Waals surface area contributed by atoms with E-state index >= 15 is 0 Å². The molecule has 0 bridgehead atoms. The lowest BCUT2D eigenvalue weighted by molar-refractivity contribution is 0.133. The van der Waals surface area contributed by atoms with Gasteiger partial charge < -0.3 is 5.73 Å². The zero-order chi connectivity index (χ0) is 12.3. The molecule has 94 valence electrons. The summed E-state index contributed by atoms with van der Waals surface area (Å²) in [6, 6.07) is 2.44. The highest BCUT2D eigenvalue weighted by atomic mass is 79.9. The van der Waals surface area contributed by atoms with Crippen molar-refractivity contribution >= 4 is 15.9 Å². The molecule has 0 amide bonds. The highest BCUT2D eigenvalue weighted by Gasteiger charge is 2.24. The largest absolute Gasteiger partial charge is 0.329 e. The van der Waals surface area contributed by atoms with Crippen LogP contribution in [0.25, 0.3) is 0 Å². The summed E-state index contributed by atoms with van der Waals surface area (Å²) in [5.74, 6) is 0.776. The van der Waals surface area contributed by atoms with Crippen LogP contribution < -0.4 is 5.73 Å². The van der Waals surface area contributed by atoms with Gasteiger partial charge in [-0.05, 0) is 52.9 Å². The Kier molecular flexibility index (Phi) is 4.54. The Morgan fingerprint density at radius 2 is 2.41 bits per heavy atom. The molecule has 1 aliphatic rings. The molecule has 0 aromatic carbocycles. The van der Waals surface area contributed by atoms with Crippen LogP contribution in [0.15, 0.2) is 22.9 Å². The molecule has 1 saturated heterocycles. The summed E-state index contributed by atoms with van der Waals surface area (Å²) in [4.78, 5) is 6.74. The number of aromatic nitrogens is 1. The standard InChI is InChI=1S/C13H20BrN3/c1-10-3-2-4-17(9-10)13(6-15)11-5-12(14)8-16-7-11/h5,7-8,10,13H,2-4,6,9,15H2,1H3/t10-,13-/m0/s1. The zero-order valence-corrected chi connectivity index (χ0v) is 11.9. The normalized spacial score (nSPS) is 23.6. The Labute approximate surface area is 112 Å². The summed E-state index contributed by atoms with van der Waals surface area (Å²) in [7, 11) is 0. The average molecular weight is 298 g/mol. The number of halogens is 1. The Morgan fingerprint density at radius 1 is 1.59 bits per heavy atom. The molecule has 0 radical (unpaired) electrons. The molecule has 0 saturated carbocycles. The van der Waals surface area contributed by atoms with E-state index in [2.05, 4.69) is 38.8 Å². The van der Waals surface area contributed by atoms with E-state index in [-0.39, 0.29) is 0 Å². The van der Waals surface area contributed by atoms with Crippen molar-refractivity contribution in [3.05, 3.63) is 28.5 Å². The van der Waals surface area contributed by atoms with E-state index < -0.39 is 0 Å². The lowest BCUT2D eigenvalue weighted by Crippen LogP contribution is -2.40. The molecule has 2 atom stereocenters. The van der Waals surface area contributed by atoms with Crippen LogP contribution in [0.3, 0.4) is 0 Å². The quantitative estimate of drug-likeness (QED) is 0.932. The summed E-state index contributed by atoms with van der Waals surface area (Å²) in [6.07, 6.45) is 6.36. The first-order valence-electron chi connectivity index (χ1n) is 6.25. The predicted octanol–water partition coefficient (Wildman–Crippen LogP) is 2.58. The number of hydrogen-bond donors (Lipinski definition) is 1. The summed E-state index contributed by atoms with van der Waals surface area (Å²) in [5, 5.41) is 0. The van der Waals surface area contributed by atoms with E-state index in [1.807, 2.05) is 12.4 Å². The van der Waals surface area contributed by atoms with E-state index in [0.29, 0.717) is 12.6 Å². The van der Waals surface area contributed by atoms with Gasteiger partial charge in [-0.2, -0.15) is 0 Å². The van der Waals surface area contributed by atoms with Crippen LogP contribution in [0.2, 0.25) is 0 Å². The highest BCUT2D eigenvalue weighted by Crippen LogP contribution is 2.26. The van der Waals surface area contributed by atoms with E-state index in [1.165, 1.54) is 18.4 Å². The van der Waals surface area contributed by atoms with Crippen molar-refractivity contribution in [2.75, 3.05) is 19.6 Å². The minimum absolute atomic E-state index is 0.308. The van der Waals surface area contributed by atoms with E-state index in [4.69, 9.17) is 5.73 Å². The zero-order valence-electron chi connectivity index (χ0n) is 10.3. The topological polar surface area (TPSA) is 42.1 Å². The Hall–Kier alpha value is -0.450. The van der Waals surface area contributed by atoms with Gasteiger partial charge in [0.2, 0.25) is 0 Å². The molecule has 2 N–H and O–H groups in total. The minimum atomic E-state index is 0.308. The van der Waals surface area contributed by atoms with Gasteiger partial charge in [-0.25, -0.2) is 0 Å². The lowest BCUT2D eigenvalue weighted by atomic mass is 9.97. The van der Waals surface area contributed by atoms with Crippen molar-refractivity contribution in [3.63, 3.8) is 0 Å². The van der Waals surface area contributed by atoms with Crippen LogP contribution >= 0.6 is 15.9 Å². The van der Waals surface area contributed by atoms with Gasteiger partial charge in [0.15, 0.2) is 0 Å². The van der Waals surface area contributed by atoms with Crippen molar-refractivity contribution in [1.29, 1.82) is 0 Å². The first kappa shape index (κ1) is 13.0. The van der Waals surface area contributed by atoms with Crippen LogP contribution in [0.5, 0.6) is 0 Å². The van der Waals surface area contributed by atoms with Crippen LogP contribution in [0.1, 0.15) is 31.4 Å². The second-order valence-electron chi connectivity index (χ2n) is 4.93. The van der Waals surface area contributed by atoms with Gasteiger partial charge in [-0.3, -0.25) is 9.88 Å². The van der Waals surface area contributed by atoms with Crippen LogP contribution in [0, 0.1) is 5.92 Å². The molecule has 4 heteroatoms. The molecule has 0 spiro atoms. The fourth-order valence-electron chi connectivity index (χ4n) is 2.62. The maximum atomic E-state index is 5.95. The third-order valence-corrected chi connectivity index (χ3v) is 3.90. The van der Waals surface area contributed by atoms with E-state index in [0.717, 1.165) is 23.5 Å². The molecular formula is C13H20BrN3. The summed E-state index contributed by atoms with van der Waals surface area (Å²) < 4.78 is 1.03. The smallest absolute Gasteiger partial charge is 0.0486 e. The predicted molar refractivity (Wildman–Crippen MR) is 73.7 cm³/mol. The number of nitrogens with zero attached hydrogens (tertiary/aromatic N) is 2. The van der Waals surface area contributed by atoms with Crippen molar-refractivity contribution in [2.24, 2.45) is 11.7 Å². The highest BCUT2D eigenvalue weighted by molar-refractivity contribution is 9.10. The van der Waals surface area contributed by atoms with Crippen molar-refractivity contribution in [1.82, 2.24) is 9.88 Å². The molecule has 1 fully saturated rings. The van der Waals surface area contributed by atoms with Crippen molar-refractivity contribution in [2.45, 2.75) is 25.8 Å². The van der Waals surface area contributed by atoms with Gasteiger partial charge in [0.1, 0.15) is 0 Å². The summed E-state index contributed by atoms with van der Waals surface area (Å²) in [5.41, 5.74) is 7.16. The first-order valence-corrected chi connectivity index (χ1v) is 7.04. The lowest BCUT2D eigenvalue weighted by Gasteiger charge is -2.36. The molecule has 1 aliphatic heterocycles. The van der Waals surface area contributed by atoms with Crippen LogP contribution in [-0.2, 0) is 0 Å².